The first-order valence-corrected chi connectivity index (χ1v) is 5.79. The summed E-state index contributed by atoms with van der Waals surface area (Å²) in [4.78, 5) is 0. The van der Waals surface area contributed by atoms with E-state index in [1.54, 1.807) is 18.2 Å². The summed E-state index contributed by atoms with van der Waals surface area (Å²) >= 11 is 0. The molecule has 0 fully saturated rings. The Morgan fingerprint density at radius 2 is 2.23 bits per heavy atom. The summed E-state index contributed by atoms with van der Waals surface area (Å²) in [7, 11) is -1.49. The second-order valence-electron chi connectivity index (χ2n) is 2.81. The minimum atomic E-state index is -3.01. The minimum Gasteiger partial charge on any atom is -0.496 e. The molecule has 0 spiro atoms. The second-order valence-corrected chi connectivity index (χ2v) is 4.95. The van der Waals surface area contributed by atoms with Gasteiger partial charge in [-0.05, 0) is 18.2 Å². The molecule has 0 bridgehead atoms. The van der Waals surface area contributed by atoms with Crippen molar-refractivity contribution in [1.29, 1.82) is 0 Å². The van der Waals surface area contributed by atoms with E-state index in [0.717, 1.165) is 0 Å². The molecule has 13 heavy (non-hydrogen) atoms. The van der Waals surface area contributed by atoms with Crippen LogP contribution >= 0.6 is 0 Å². The van der Waals surface area contributed by atoms with Crippen molar-refractivity contribution in [2.24, 2.45) is 0 Å². The molecule has 0 amide bonds. The summed E-state index contributed by atoms with van der Waals surface area (Å²) in [5.41, 5.74) is 0.646. The van der Waals surface area contributed by atoms with Gasteiger partial charge in [-0.25, -0.2) is 8.42 Å². The highest BCUT2D eigenvalue weighted by atomic mass is 32.2. The molecule has 0 saturated carbocycles. The summed E-state index contributed by atoms with van der Waals surface area (Å²) in [5, 5.41) is 0. The molecule has 0 atom stereocenters. The van der Waals surface area contributed by atoms with Gasteiger partial charge in [-0.3, -0.25) is 0 Å². The lowest BCUT2D eigenvalue weighted by Crippen LogP contribution is -2.02. The Bertz CT molecular complexity index is 382. The minimum absolute atomic E-state index is 0.00644. The Balaban J connectivity index is 3.01. The number of hydrogen-bond acceptors (Lipinski definition) is 3. The number of rotatable bonds is 3. The van der Waals surface area contributed by atoms with Gasteiger partial charge in [0.05, 0.1) is 12.9 Å². The van der Waals surface area contributed by atoms with Crippen LogP contribution in [0.2, 0.25) is 0 Å². The third-order valence-corrected chi connectivity index (χ3v) is 2.38. The Morgan fingerprint density at radius 1 is 1.54 bits per heavy atom. The standard InChI is InChI=1S/C9H11O3S/c1-12-9-6-4-3-5-8(9)7-13(2,10)11/h4-6H,7H2,1-2H3. The van der Waals surface area contributed by atoms with Gasteiger partial charge in [-0.15, -0.1) is 0 Å². The highest BCUT2D eigenvalue weighted by molar-refractivity contribution is 7.89. The van der Waals surface area contributed by atoms with Gasteiger partial charge in [0.2, 0.25) is 0 Å². The molecule has 1 rings (SSSR count). The molecule has 0 unspecified atom stereocenters. The molecule has 4 heteroatoms. The maximum Gasteiger partial charge on any atom is 0.151 e. The predicted molar refractivity (Wildman–Crippen MR) is 50.4 cm³/mol. The molecule has 0 N–H and O–H groups in total. The topological polar surface area (TPSA) is 43.4 Å². The fourth-order valence-corrected chi connectivity index (χ4v) is 1.84. The number of methoxy groups -OCH3 is 1. The van der Waals surface area contributed by atoms with E-state index >= 15 is 0 Å². The lowest BCUT2D eigenvalue weighted by atomic mass is 10.2. The zero-order valence-electron chi connectivity index (χ0n) is 7.57. The molecule has 1 aromatic carbocycles. The van der Waals surface area contributed by atoms with Crippen LogP contribution in [0.5, 0.6) is 5.75 Å². The first-order chi connectivity index (χ1) is 6.03. The first kappa shape index (κ1) is 10.1. The van der Waals surface area contributed by atoms with E-state index in [1.165, 1.54) is 13.4 Å². The van der Waals surface area contributed by atoms with E-state index < -0.39 is 9.84 Å². The maximum absolute atomic E-state index is 11.0. The van der Waals surface area contributed by atoms with E-state index in [9.17, 15) is 8.42 Å². The van der Waals surface area contributed by atoms with Crippen LogP contribution in [0.4, 0.5) is 0 Å². The summed E-state index contributed by atoms with van der Waals surface area (Å²) < 4.78 is 27.0. The first-order valence-electron chi connectivity index (χ1n) is 3.73. The van der Waals surface area contributed by atoms with Crippen molar-refractivity contribution < 1.29 is 13.2 Å². The lowest BCUT2D eigenvalue weighted by Gasteiger charge is -2.05. The molecule has 0 saturated heterocycles. The number of benzene rings is 1. The van der Waals surface area contributed by atoms with Gasteiger partial charge in [-0.2, -0.15) is 0 Å². The smallest absolute Gasteiger partial charge is 0.151 e. The lowest BCUT2D eigenvalue weighted by molar-refractivity contribution is 0.411. The summed E-state index contributed by atoms with van der Waals surface area (Å²) in [6.07, 6.45) is 1.19. The van der Waals surface area contributed by atoms with Crippen molar-refractivity contribution in [3.8, 4) is 5.75 Å². The molecule has 1 radical (unpaired) electrons. The zero-order valence-corrected chi connectivity index (χ0v) is 8.39. The van der Waals surface area contributed by atoms with Crippen molar-refractivity contribution in [2.45, 2.75) is 5.75 Å². The normalized spacial score (nSPS) is 11.2. The average Bonchev–Trinajstić information content (AvgIpc) is 2.02. The quantitative estimate of drug-likeness (QED) is 0.730. The van der Waals surface area contributed by atoms with Crippen LogP contribution in [-0.4, -0.2) is 21.8 Å². The molecular formula is C9H11O3S. The van der Waals surface area contributed by atoms with E-state index in [4.69, 9.17) is 4.74 Å². The summed E-state index contributed by atoms with van der Waals surface area (Å²) in [6, 6.07) is 7.82. The van der Waals surface area contributed by atoms with Crippen LogP contribution in [0.1, 0.15) is 5.56 Å². The van der Waals surface area contributed by atoms with E-state index in [1.807, 2.05) is 0 Å². The molecule has 0 aliphatic carbocycles. The van der Waals surface area contributed by atoms with Crippen molar-refractivity contribution in [3.63, 3.8) is 0 Å². The molecule has 0 heterocycles. The van der Waals surface area contributed by atoms with Crippen LogP contribution in [0.3, 0.4) is 0 Å². The summed E-state index contributed by atoms with van der Waals surface area (Å²) in [5.74, 6) is 0.581. The van der Waals surface area contributed by atoms with Crippen molar-refractivity contribution in [1.82, 2.24) is 0 Å². The van der Waals surface area contributed by atoms with Gasteiger partial charge in [0, 0.05) is 11.8 Å². The van der Waals surface area contributed by atoms with Crippen LogP contribution in [0.25, 0.3) is 0 Å². The maximum atomic E-state index is 11.0. The fourth-order valence-electron chi connectivity index (χ4n) is 1.05. The Labute approximate surface area is 78.3 Å². The van der Waals surface area contributed by atoms with Gasteiger partial charge in [-0.1, -0.05) is 6.07 Å². The fraction of sp³-hybridized carbons (Fsp3) is 0.333. The van der Waals surface area contributed by atoms with E-state index in [2.05, 4.69) is 6.07 Å². The Morgan fingerprint density at radius 3 is 2.77 bits per heavy atom. The molecule has 3 nitrogen and oxygen atoms in total. The summed E-state index contributed by atoms with van der Waals surface area (Å²) in [6.45, 7) is 0. The van der Waals surface area contributed by atoms with E-state index in [-0.39, 0.29) is 5.75 Å². The monoisotopic (exact) mass is 199 g/mol. The third kappa shape index (κ3) is 3.06. The Kier molecular flexibility index (Phi) is 2.93. The van der Waals surface area contributed by atoms with Gasteiger partial charge in [0.1, 0.15) is 5.75 Å². The molecular weight excluding hydrogens is 188 g/mol. The molecule has 71 valence electrons. The van der Waals surface area contributed by atoms with Crippen LogP contribution < -0.4 is 4.74 Å². The zero-order chi connectivity index (χ0) is 9.90. The highest BCUT2D eigenvalue weighted by Gasteiger charge is 2.08. The Hall–Kier alpha value is -1.03. The third-order valence-electron chi connectivity index (χ3n) is 1.54. The van der Waals surface area contributed by atoms with Gasteiger partial charge in [0.15, 0.2) is 9.84 Å². The van der Waals surface area contributed by atoms with Crippen LogP contribution in [0, 0.1) is 6.07 Å². The molecule has 0 aliphatic rings. The number of hydrogen-bond donors (Lipinski definition) is 0. The van der Waals surface area contributed by atoms with Crippen molar-refractivity contribution in [2.75, 3.05) is 13.4 Å². The number of sulfone groups is 1. The average molecular weight is 199 g/mol. The van der Waals surface area contributed by atoms with Gasteiger partial charge in [0.25, 0.3) is 0 Å². The SMILES string of the molecule is COc1cc[c]cc1CS(C)(=O)=O. The molecule has 0 aromatic heterocycles. The van der Waals surface area contributed by atoms with Crippen LogP contribution in [0.15, 0.2) is 18.2 Å². The van der Waals surface area contributed by atoms with Gasteiger partial charge < -0.3 is 4.74 Å². The largest absolute Gasteiger partial charge is 0.496 e. The van der Waals surface area contributed by atoms with Crippen molar-refractivity contribution >= 4 is 9.84 Å². The van der Waals surface area contributed by atoms with E-state index in [0.29, 0.717) is 11.3 Å². The highest BCUT2D eigenvalue weighted by Crippen LogP contribution is 2.18. The van der Waals surface area contributed by atoms with Gasteiger partial charge >= 0.3 is 0 Å². The van der Waals surface area contributed by atoms with Crippen LogP contribution in [-0.2, 0) is 15.6 Å². The van der Waals surface area contributed by atoms with Crippen molar-refractivity contribution in [3.05, 3.63) is 29.8 Å². The second kappa shape index (κ2) is 3.79. The number of ether oxygens (including phenoxy) is 1. The molecule has 1 aromatic rings. The molecule has 0 aliphatic heterocycles. The predicted octanol–water partition coefficient (Wildman–Crippen LogP) is 1.04.